The number of carbonyl (C=O) groups is 1. The van der Waals surface area contributed by atoms with E-state index < -0.39 is 0 Å². The highest BCUT2D eigenvalue weighted by Gasteiger charge is 2.17. The standard InChI is InChI=1S/C16H12Cl2N2OS2/c1-20(8-10-4-5-11(17)7-12(10)18)16(21)13-9-23-15(19-13)14-3-2-6-22-14/h2-7,9H,8H2,1H3. The molecule has 0 aliphatic heterocycles. The molecule has 2 heterocycles. The molecule has 0 fully saturated rings. The summed E-state index contributed by atoms with van der Waals surface area (Å²) in [5.74, 6) is -0.130. The number of carbonyl (C=O) groups excluding carboxylic acids is 1. The van der Waals surface area contributed by atoms with Gasteiger partial charge < -0.3 is 4.90 Å². The Hall–Kier alpha value is -1.40. The van der Waals surface area contributed by atoms with Crippen LogP contribution in [0.15, 0.2) is 41.1 Å². The lowest BCUT2D eigenvalue weighted by Crippen LogP contribution is -2.26. The highest BCUT2D eigenvalue weighted by Crippen LogP contribution is 2.28. The first-order chi connectivity index (χ1) is 11.0. The van der Waals surface area contributed by atoms with Gasteiger partial charge in [0.2, 0.25) is 0 Å². The third-order valence-corrected chi connectivity index (χ3v) is 5.69. The Morgan fingerprint density at radius 1 is 1.26 bits per heavy atom. The number of aromatic nitrogens is 1. The molecule has 118 valence electrons. The minimum atomic E-state index is -0.130. The van der Waals surface area contributed by atoms with Gasteiger partial charge in [0.1, 0.15) is 10.7 Å². The second kappa shape index (κ2) is 7.01. The average Bonchev–Trinajstić information content (AvgIpc) is 3.19. The predicted octanol–water partition coefficient (Wildman–Crippen LogP) is 5.45. The van der Waals surface area contributed by atoms with Crippen molar-refractivity contribution in [1.82, 2.24) is 9.88 Å². The lowest BCUT2D eigenvalue weighted by molar-refractivity contribution is 0.0780. The Bertz CT molecular complexity index is 830. The molecule has 1 amide bonds. The summed E-state index contributed by atoms with van der Waals surface area (Å²) in [4.78, 5) is 19.6. The molecule has 0 saturated carbocycles. The van der Waals surface area contributed by atoms with Gasteiger partial charge in [-0.15, -0.1) is 22.7 Å². The summed E-state index contributed by atoms with van der Waals surface area (Å²) >= 11 is 15.1. The number of hydrogen-bond acceptors (Lipinski definition) is 4. The van der Waals surface area contributed by atoms with Gasteiger partial charge in [0, 0.05) is 29.0 Å². The van der Waals surface area contributed by atoms with Crippen LogP contribution in [0.4, 0.5) is 0 Å². The van der Waals surface area contributed by atoms with Crippen molar-refractivity contribution in [3.63, 3.8) is 0 Å². The molecule has 0 aliphatic rings. The van der Waals surface area contributed by atoms with Crippen molar-refractivity contribution in [1.29, 1.82) is 0 Å². The molecule has 0 saturated heterocycles. The maximum atomic E-state index is 12.5. The summed E-state index contributed by atoms with van der Waals surface area (Å²) in [5.41, 5.74) is 1.30. The maximum Gasteiger partial charge on any atom is 0.273 e. The third kappa shape index (κ3) is 3.75. The first-order valence-corrected chi connectivity index (χ1v) is 9.25. The summed E-state index contributed by atoms with van der Waals surface area (Å²) in [6, 6.07) is 9.23. The molecule has 3 rings (SSSR count). The van der Waals surface area contributed by atoms with Gasteiger partial charge in [0.05, 0.1) is 4.88 Å². The zero-order valence-electron chi connectivity index (χ0n) is 12.1. The van der Waals surface area contributed by atoms with Crippen LogP contribution in [0.3, 0.4) is 0 Å². The molecule has 2 aromatic heterocycles. The van der Waals surface area contributed by atoms with Crippen LogP contribution in [0.2, 0.25) is 10.0 Å². The lowest BCUT2D eigenvalue weighted by atomic mass is 10.2. The largest absolute Gasteiger partial charge is 0.336 e. The lowest BCUT2D eigenvalue weighted by Gasteiger charge is -2.17. The van der Waals surface area contributed by atoms with Crippen molar-refractivity contribution in [2.45, 2.75) is 6.54 Å². The van der Waals surface area contributed by atoms with E-state index in [1.54, 1.807) is 40.8 Å². The Morgan fingerprint density at radius 2 is 2.09 bits per heavy atom. The van der Waals surface area contributed by atoms with Gasteiger partial charge in [0.15, 0.2) is 0 Å². The van der Waals surface area contributed by atoms with Gasteiger partial charge in [-0.25, -0.2) is 4.98 Å². The quantitative estimate of drug-likeness (QED) is 0.600. The zero-order valence-corrected chi connectivity index (χ0v) is 15.3. The van der Waals surface area contributed by atoms with Crippen molar-refractivity contribution >= 4 is 51.8 Å². The van der Waals surface area contributed by atoms with Gasteiger partial charge in [-0.3, -0.25) is 4.79 Å². The van der Waals surface area contributed by atoms with Crippen molar-refractivity contribution < 1.29 is 4.79 Å². The second-order valence-electron chi connectivity index (χ2n) is 4.91. The fourth-order valence-corrected chi connectivity index (χ4v) is 4.13. The van der Waals surface area contributed by atoms with Crippen molar-refractivity contribution in [2.75, 3.05) is 7.05 Å². The molecule has 1 aromatic carbocycles. The number of benzene rings is 1. The first kappa shape index (κ1) is 16.5. The zero-order chi connectivity index (χ0) is 16.4. The summed E-state index contributed by atoms with van der Waals surface area (Å²) in [5, 5.41) is 5.77. The summed E-state index contributed by atoms with van der Waals surface area (Å²) in [6.45, 7) is 0.403. The number of rotatable bonds is 4. The normalized spacial score (nSPS) is 10.7. The number of nitrogens with zero attached hydrogens (tertiary/aromatic N) is 2. The molecular formula is C16H12Cl2N2OS2. The highest BCUT2D eigenvalue weighted by atomic mass is 35.5. The van der Waals surface area contributed by atoms with Crippen LogP contribution in [0.1, 0.15) is 16.1 Å². The van der Waals surface area contributed by atoms with Gasteiger partial charge in [-0.1, -0.05) is 35.3 Å². The molecule has 3 nitrogen and oxygen atoms in total. The smallest absolute Gasteiger partial charge is 0.273 e. The molecule has 0 N–H and O–H groups in total. The molecule has 0 aliphatic carbocycles. The van der Waals surface area contributed by atoms with Crippen molar-refractivity contribution in [3.05, 3.63) is 62.4 Å². The number of hydrogen-bond donors (Lipinski definition) is 0. The fourth-order valence-electron chi connectivity index (χ4n) is 2.06. The van der Waals surface area contributed by atoms with E-state index >= 15 is 0 Å². The minimum absolute atomic E-state index is 0.130. The Balaban J connectivity index is 1.75. The van der Waals surface area contributed by atoms with Crippen molar-refractivity contribution in [2.24, 2.45) is 0 Å². The van der Waals surface area contributed by atoms with E-state index in [-0.39, 0.29) is 5.91 Å². The van der Waals surface area contributed by atoms with Crippen LogP contribution >= 0.6 is 45.9 Å². The van der Waals surface area contributed by atoms with Crippen molar-refractivity contribution in [3.8, 4) is 9.88 Å². The van der Waals surface area contributed by atoms with Crippen LogP contribution in [-0.2, 0) is 6.54 Å². The van der Waals surface area contributed by atoms with Gasteiger partial charge in [-0.2, -0.15) is 0 Å². The highest BCUT2D eigenvalue weighted by molar-refractivity contribution is 7.20. The summed E-state index contributed by atoms with van der Waals surface area (Å²) in [7, 11) is 1.73. The van der Waals surface area contributed by atoms with Crippen LogP contribution in [-0.4, -0.2) is 22.8 Å². The molecule has 7 heteroatoms. The van der Waals surface area contributed by atoms with E-state index in [4.69, 9.17) is 23.2 Å². The fraction of sp³-hybridized carbons (Fsp3) is 0.125. The van der Waals surface area contributed by atoms with Crippen LogP contribution in [0.5, 0.6) is 0 Å². The van der Waals surface area contributed by atoms with Gasteiger partial charge >= 0.3 is 0 Å². The second-order valence-corrected chi connectivity index (χ2v) is 7.56. The topological polar surface area (TPSA) is 33.2 Å². The Labute approximate surface area is 152 Å². The van der Waals surface area contributed by atoms with E-state index in [1.807, 2.05) is 23.6 Å². The van der Waals surface area contributed by atoms with Gasteiger partial charge in [-0.05, 0) is 29.1 Å². The molecular weight excluding hydrogens is 371 g/mol. The Kier molecular flexibility index (Phi) is 5.02. The van der Waals surface area contributed by atoms with E-state index in [0.717, 1.165) is 15.4 Å². The Morgan fingerprint density at radius 3 is 2.78 bits per heavy atom. The molecule has 0 radical (unpaired) electrons. The van der Waals surface area contributed by atoms with Crippen LogP contribution < -0.4 is 0 Å². The molecule has 0 atom stereocenters. The maximum absolute atomic E-state index is 12.5. The average molecular weight is 383 g/mol. The summed E-state index contributed by atoms with van der Waals surface area (Å²) in [6.07, 6.45) is 0. The monoisotopic (exact) mass is 382 g/mol. The molecule has 0 bridgehead atoms. The van der Waals surface area contributed by atoms with Gasteiger partial charge in [0.25, 0.3) is 5.91 Å². The van der Waals surface area contributed by atoms with Crippen LogP contribution in [0, 0.1) is 0 Å². The van der Waals surface area contributed by atoms with E-state index in [0.29, 0.717) is 22.3 Å². The van der Waals surface area contributed by atoms with Crippen LogP contribution in [0.25, 0.3) is 9.88 Å². The van der Waals surface area contributed by atoms with E-state index in [9.17, 15) is 4.79 Å². The van der Waals surface area contributed by atoms with E-state index in [2.05, 4.69) is 4.98 Å². The molecule has 3 aromatic rings. The third-order valence-electron chi connectivity index (χ3n) is 3.22. The molecule has 0 spiro atoms. The molecule has 0 unspecified atom stereocenters. The number of thiophene rings is 1. The number of amides is 1. The summed E-state index contributed by atoms with van der Waals surface area (Å²) < 4.78 is 0. The van der Waals surface area contributed by atoms with E-state index in [1.165, 1.54) is 11.3 Å². The predicted molar refractivity (Wildman–Crippen MR) is 97.7 cm³/mol. The first-order valence-electron chi connectivity index (χ1n) is 6.73. The number of thiazole rings is 1. The molecule has 23 heavy (non-hydrogen) atoms. The number of halogens is 2. The SMILES string of the molecule is CN(Cc1ccc(Cl)cc1Cl)C(=O)c1csc(-c2cccs2)n1. The minimum Gasteiger partial charge on any atom is -0.336 e.